The predicted molar refractivity (Wildman–Crippen MR) is 55.7 cm³/mol. The summed E-state index contributed by atoms with van der Waals surface area (Å²) in [6.45, 7) is 0. The van der Waals surface area contributed by atoms with Gasteiger partial charge in [0.15, 0.2) is 0 Å². The first-order valence-electron chi connectivity index (χ1n) is 5.17. The van der Waals surface area contributed by atoms with Gasteiger partial charge in [-0.2, -0.15) is 0 Å². The summed E-state index contributed by atoms with van der Waals surface area (Å²) >= 11 is 0. The Balaban J connectivity index is 2.22. The second-order valence-corrected chi connectivity index (χ2v) is 4.20. The fourth-order valence-corrected chi connectivity index (χ4v) is 2.05. The van der Waals surface area contributed by atoms with E-state index >= 15 is 0 Å². The number of hydrogen-bond acceptors (Lipinski definition) is 2. The molecule has 1 fully saturated rings. The van der Waals surface area contributed by atoms with Gasteiger partial charge in [-0.05, 0) is 30.5 Å². The molecule has 0 saturated heterocycles. The van der Waals surface area contributed by atoms with Crippen molar-refractivity contribution in [3.8, 4) is 0 Å². The van der Waals surface area contributed by atoms with Gasteiger partial charge in [-0.3, -0.25) is 4.79 Å². The smallest absolute Gasteiger partial charge is 0.133 e. The summed E-state index contributed by atoms with van der Waals surface area (Å²) in [5.41, 5.74) is 6.70. The van der Waals surface area contributed by atoms with Crippen molar-refractivity contribution in [2.24, 2.45) is 5.73 Å². The number of hydrogen-bond donors (Lipinski definition) is 1. The highest BCUT2D eigenvalue weighted by atomic mass is 19.1. The molecule has 1 saturated carbocycles. The molecular formula is C12H14FNO. The van der Waals surface area contributed by atoms with Gasteiger partial charge in [-0.25, -0.2) is 4.39 Å². The van der Waals surface area contributed by atoms with E-state index in [0.29, 0.717) is 25.7 Å². The Kier molecular flexibility index (Phi) is 2.57. The molecule has 0 aliphatic heterocycles. The largest absolute Gasteiger partial charge is 0.321 e. The number of benzene rings is 1. The van der Waals surface area contributed by atoms with Crippen molar-refractivity contribution in [3.63, 3.8) is 0 Å². The van der Waals surface area contributed by atoms with Gasteiger partial charge >= 0.3 is 0 Å². The van der Waals surface area contributed by atoms with E-state index in [2.05, 4.69) is 0 Å². The molecule has 0 amide bonds. The molecule has 0 unspecified atom stereocenters. The number of nitrogens with two attached hydrogens (primary N) is 1. The Morgan fingerprint density at radius 3 is 2.20 bits per heavy atom. The maximum absolute atomic E-state index is 12.7. The molecule has 2 rings (SSSR count). The van der Waals surface area contributed by atoms with Crippen LogP contribution in [0.2, 0.25) is 0 Å². The van der Waals surface area contributed by atoms with E-state index in [1.54, 1.807) is 12.1 Å². The number of carbonyl (C=O) groups excluding carboxylic acids is 1. The summed E-state index contributed by atoms with van der Waals surface area (Å²) in [5, 5.41) is 0. The van der Waals surface area contributed by atoms with E-state index in [4.69, 9.17) is 5.73 Å². The van der Waals surface area contributed by atoms with Gasteiger partial charge in [0, 0.05) is 18.4 Å². The van der Waals surface area contributed by atoms with E-state index in [-0.39, 0.29) is 11.6 Å². The molecule has 1 aromatic carbocycles. The second-order valence-electron chi connectivity index (χ2n) is 4.20. The van der Waals surface area contributed by atoms with E-state index in [9.17, 15) is 9.18 Å². The molecule has 0 bridgehead atoms. The van der Waals surface area contributed by atoms with Gasteiger partial charge in [0.2, 0.25) is 0 Å². The summed E-state index contributed by atoms with van der Waals surface area (Å²) in [5.74, 6) is 0.0208. The minimum Gasteiger partial charge on any atom is -0.321 e. The predicted octanol–water partition coefficient (Wildman–Crippen LogP) is 2.12. The number of Topliss-reactive ketones (excluding diaryl/α,β-unsaturated/α-hetero) is 1. The zero-order valence-corrected chi connectivity index (χ0v) is 8.50. The summed E-state index contributed by atoms with van der Waals surface area (Å²) in [4.78, 5) is 11.1. The quantitative estimate of drug-likeness (QED) is 0.766. The Hall–Kier alpha value is -1.22. The van der Waals surface area contributed by atoms with E-state index in [0.717, 1.165) is 5.56 Å². The highest BCUT2D eigenvalue weighted by Gasteiger charge is 2.32. The van der Waals surface area contributed by atoms with Crippen molar-refractivity contribution < 1.29 is 9.18 Å². The van der Waals surface area contributed by atoms with Crippen LogP contribution in [-0.4, -0.2) is 5.78 Å². The van der Waals surface area contributed by atoms with Crippen molar-refractivity contribution in [1.82, 2.24) is 0 Å². The van der Waals surface area contributed by atoms with Crippen LogP contribution in [-0.2, 0) is 10.3 Å². The molecule has 2 N–H and O–H groups in total. The molecule has 80 valence electrons. The summed E-state index contributed by atoms with van der Waals surface area (Å²) in [7, 11) is 0. The van der Waals surface area contributed by atoms with Gasteiger partial charge < -0.3 is 5.73 Å². The van der Waals surface area contributed by atoms with Gasteiger partial charge in [-0.1, -0.05) is 12.1 Å². The van der Waals surface area contributed by atoms with Crippen LogP contribution in [0.4, 0.5) is 4.39 Å². The Labute approximate surface area is 88.3 Å². The molecule has 1 aliphatic carbocycles. The molecule has 15 heavy (non-hydrogen) atoms. The van der Waals surface area contributed by atoms with Crippen molar-refractivity contribution in [2.75, 3.05) is 0 Å². The van der Waals surface area contributed by atoms with Crippen molar-refractivity contribution in [3.05, 3.63) is 35.6 Å². The lowest BCUT2D eigenvalue weighted by atomic mass is 9.77. The molecule has 0 heterocycles. The van der Waals surface area contributed by atoms with Gasteiger partial charge in [0.1, 0.15) is 11.6 Å². The van der Waals surface area contributed by atoms with Crippen LogP contribution in [0.3, 0.4) is 0 Å². The molecular weight excluding hydrogens is 193 g/mol. The minimum atomic E-state index is -0.443. The van der Waals surface area contributed by atoms with Gasteiger partial charge in [-0.15, -0.1) is 0 Å². The fourth-order valence-electron chi connectivity index (χ4n) is 2.05. The molecule has 0 spiro atoms. The van der Waals surface area contributed by atoms with Crippen LogP contribution in [0.5, 0.6) is 0 Å². The molecule has 2 nitrogen and oxygen atoms in total. The standard InChI is InChI=1S/C12H14FNO/c13-10-3-1-9(2-4-10)12(14)7-5-11(15)6-8-12/h1-4H,5-8,14H2. The van der Waals surface area contributed by atoms with E-state index < -0.39 is 5.54 Å². The normalized spacial score (nSPS) is 20.3. The minimum absolute atomic E-state index is 0.255. The average Bonchev–Trinajstić information content (AvgIpc) is 2.24. The van der Waals surface area contributed by atoms with Crippen LogP contribution < -0.4 is 5.73 Å². The monoisotopic (exact) mass is 207 g/mol. The SMILES string of the molecule is NC1(c2ccc(F)cc2)CCC(=O)CC1. The number of rotatable bonds is 1. The second kappa shape index (κ2) is 3.74. The summed E-state index contributed by atoms with van der Waals surface area (Å²) in [6.07, 6.45) is 2.40. The van der Waals surface area contributed by atoms with Crippen LogP contribution in [0.25, 0.3) is 0 Å². The Bertz CT molecular complexity index is 362. The molecule has 0 atom stereocenters. The first kappa shape index (κ1) is 10.3. The molecule has 0 radical (unpaired) electrons. The average molecular weight is 207 g/mol. The summed E-state index contributed by atoms with van der Waals surface area (Å²) in [6, 6.07) is 6.26. The lowest BCUT2D eigenvalue weighted by Crippen LogP contribution is -2.40. The fraction of sp³-hybridized carbons (Fsp3) is 0.417. The highest BCUT2D eigenvalue weighted by molar-refractivity contribution is 5.79. The molecule has 1 aliphatic rings. The van der Waals surface area contributed by atoms with Crippen LogP contribution in [0.1, 0.15) is 31.2 Å². The number of carbonyl (C=O) groups is 1. The summed E-state index contributed by atoms with van der Waals surface area (Å²) < 4.78 is 12.7. The third-order valence-electron chi connectivity index (χ3n) is 3.12. The van der Waals surface area contributed by atoms with Gasteiger partial charge in [0.25, 0.3) is 0 Å². The third-order valence-corrected chi connectivity index (χ3v) is 3.12. The zero-order chi connectivity index (χ0) is 10.9. The first-order chi connectivity index (χ1) is 7.10. The molecule has 0 aromatic heterocycles. The maximum Gasteiger partial charge on any atom is 0.133 e. The number of halogens is 1. The molecule has 1 aromatic rings. The lowest BCUT2D eigenvalue weighted by Gasteiger charge is -2.33. The number of ketones is 1. The van der Waals surface area contributed by atoms with Crippen molar-refractivity contribution in [2.45, 2.75) is 31.2 Å². The van der Waals surface area contributed by atoms with Crippen molar-refractivity contribution >= 4 is 5.78 Å². The van der Waals surface area contributed by atoms with Gasteiger partial charge in [0.05, 0.1) is 0 Å². The third kappa shape index (κ3) is 2.07. The van der Waals surface area contributed by atoms with E-state index in [1.165, 1.54) is 12.1 Å². The highest BCUT2D eigenvalue weighted by Crippen LogP contribution is 2.33. The van der Waals surface area contributed by atoms with Crippen molar-refractivity contribution in [1.29, 1.82) is 0 Å². The van der Waals surface area contributed by atoms with Crippen LogP contribution in [0.15, 0.2) is 24.3 Å². The van der Waals surface area contributed by atoms with Crippen LogP contribution >= 0.6 is 0 Å². The maximum atomic E-state index is 12.7. The Morgan fingerprint density at radius 1 is 1.13 bits per heavy atom. The Morgan fingerprint density at radius 2 is 1.67 bits per heavy atom. The topological polar surface area (TPSA) is 43.1 Å². The zero-order valence-electron chi connectivity index (χ0n) is 8.50. The van der Waals surface area contributed by atoms with E-state index in [1.807, 2.05) is 0 Å². The molecule has 3 heteroatoms. The lowest BCUT2D eigenvalue weighted by molar-refractivity contribution is -0.121. The van der Waals surface area contributed by atoms with Crippen LogP contribution in [0, 0.1) is 5.82 Å². The first-order valence-corrected chi connectivity index (χ1v) is 5.17.